The minimum Gasteiger partial charge on any atom is -0.201 e. The Bertz CT molecular complexity index is 1210. The summed E-state index contributed by atoms with van der Waals surface area (Å²) in [6.45, 7) is -1.48. The molecule has 0 N–H and O–H groups in total. The van der Waals surface area contributed by atoms with Gasteiger partial charge in [-0.05, 0) is 54.1 Å². The monoisotopic (exact) mass is 335 g/mol. The van der Waals surface area contributed by atoms with E-state index in [-0.39, 0.29) is 11.1 Å². The van der Waals surface area contributed by atoms with E-state index >= 15 is 0 Å². The minimum absolute atomic E-state index is 0.269. The standard InChI is InChI=1S/C24H26N/c1-15-13-14-25(6)23(17(15)3)21-16(2)11-12-19-18-9-7-8-10-20(18)24(4,5)22(19)21/h7-14H,1-6H3/q+1/i1D2,3D2,4D3. The second-order valence-electron chi connectivity index (χ2n) is 6.99. The average Bonchev–Trinajstić information content (AvgIpc) is 2.98. The lowest BCUT2D eigenvalue weighted by molar-refractivity contribution is -0.660. The van der Waals surface area contributed by atoms with Crippen molar-refractivity contribution in [2.75, 3.05) is 0 Å². The van der Waals surface area contributed by atoms with Gasteiger partial charge in [-0.3, -0.25) is 0 Å². The van der Waals surface area contributed by atoms with Crippen LogP contribution in [0.15, 0.2) is 48.7 Å². The van der Waals surface area contributed by atoms with Crippen LogP contribution in [0, 0.1) is 20.7 Å². The summed E-state index contributed by atoms with van der Waals surface area (Å²) in [7, 11) is 1.79. The van der Waals surface area contributed by atoms with Gasteiger partial charge < -0.3 is 0 Å². The summed E-state index contributed by atoms with van der Waals surface area (Å²) in [6, 6.07) is 13.0. The highest BCUT2D eigenvalue weighted by Gasteiger charge is 2.39. The van der Waals surface area contributed by atoms with Crippen molar-refractivity contribution >= 4 is 0 Å². The quantitative estimate of drug-likeness (QED) is 0.524. The zero-order valence-electron chi connectivity index (χ0n) is 21.7. The molecule has 1 aliphatic rings. The molecule has 1 nitrogen and oxygen atoms in total. The average molecular weight is 336 g/mol. The van der Waals surface area contributed by atoms with E-state index in [9.17, 15) is 0 Å². The molecule has 0 radical (unpaired) electrons. The van der Waals surface area contributed by atoms with E-state index in [1.807, 2.05) is 43.3 Å². The molecule has 0 aliphatic heterocycles. The van der Waals surface area contributed by atoms with Crippen molar-refractivity contribution in [3.63, 3.8) is 0 Å². The Kier molecular flexibility index (Phi) is 2.10. The summed E-state index contributed by atoms with van der Waals surface area (Å²) in [5, 5.41) is 0. The smallest absolute Gasteiger partial charge is 0.201 e. The SMILES string of the molecule is [2H]C([2H])c1cc[n+](C)c(-c2c(C)ccc3c2C(C)(C([2H])([2H])[2H])c2ccccc2-3)c1C([2H])[2H]. The van der Waals surface area contributed by atoms with E-state index in [1.54, 1.807) is 30.8 Å². The van der Waals surface area contributed by atoms with Crippen LogP contribution in [0.2, 0.25) is 0 Å². The molecule has 1 unspecified atom stereocenters. The number of hydrogen-bond acceptors (Lipinski definition) is 0. The molecule has 0 saturated heterocycles. The van der Waals surface area contributed by atoms with Crippen LogP contribution in [0.3, 0.4) is 0 Å². The highest BCUT2D eigenvalue weighted by Crippen LogP contribution is 2.52. The molecule has 1 heterocycles. The van der Waals surface area contributed by atoms with Crippen LogP contribution in [0.5, 0.6) is 0 Å². The van der Waals surface area contributed by atoms with Crippen LogP contribution in [0.4, 0.5) is 0 Å². The molecule has 126 valence electrons. The molecular formula is C24H26N+. The lowest BCUT2D eigenvalue weighted by atomic mass is 9.78. The predicted molar refractivity (Wildman–Crippen MR) is 105 cm³/mol. The van der Waals surface area contributed by atoms with E-state index in [1.165, 1.54) is 0 Å². The topological polar surface area (TPSA) is 3.88 Å². The second kappa shape index (κ2) is 5.29. The molecule has 1 heteroatoms. The fourth-order valence-electron chi connectivity index (χ4n) is 4.04. The first-order valence-electron chi connectivity index (χ1n) is 12.2. The molecule has 1 aromatic heterocycles. The fraction of sp³-hybridized carbons (Fsp3) is 0.292. The Labute approximate surface area is 160 Å². The predicted octanol–water partition coefficient (Wildman–Crippen LogP) is 5.41. The Balaban J connectivity index is 2.21. The largest absolute Gasteiger partial charge is 0.216 e. The molecular weight excluding hydrogens is 302 g/mol. The molecule has 0 saturated carbocycles. The van der Waals surface area contributed by atoms with E-state index in [0.717, 1.165) is 22.3 Å². The molecule has 25 heavy (non-hydrogen) atoms. The normalized spacial score (nSPS) is 23.0. The van der Waals surface area contributed by atoms with Crippen molar-refractivity contribution in [1.29, 1.82) is 0 Å². The van der Waals surface area contributed by atoms with Gasteiger partial charge in [-0.25, -0.2) is 4.57 Å². The van der Waals surface area contributed by atoms with Crippen LogP contribution in [-0.4, -0.2) is 0 Å². The van der Waals surface area contributed by atoms with Crippen molar-refractivity contribution in [1.82, 2.24) is 0 Å². The molecule has 0 amide bonds. The first-order valence-corrected chi connectivity index (χ1v) is 8.37. The molecule has 1 atom stereocenters. The first-order chi connectivity index (χ1) is 14.9. The van der Waals surface area contributed by atoms with Crippen LogP contribution in [0.25, 0.3) is 22.4 Å². The van der Waals surface area contributed by atoms with Crippen LogP contribution < -0.4 is 4.57 Å². The number of benzene rings is 2. The van der Waals surface area contributed by atoms with Crippen molar-refractivity contribution < 1.29 is 14.2 Å². The Hall–Kier alpha value is -2.41. The maximum Gasteiger partial charge on any atom is 0.216 e. The van der Waals surface area contributed by atoms with Gasteiger partial charge >= 0.3 is 0 Å². The van der Waals surface area contributed by atoms with Crippen LogP contribution in [-0.2, 0) is 12.5 Å². The van der Waals surface area contributed by atoms with E-state index in [4.69, 9.17) is 9.60 Å². The van der Waals surface area contributed by atoms with Crippen molar-refractivity contribution in [2.45, 2.75) is 39.9 Å². The van der Waals surface area contributed by atoms with Gasteiger partial charge in [0.25, 0.3) is 0 Å². The van der Waals surface area contributed by atoms with Gasteiger partial charge in [-0.1, -0.05) is 50.2 Å². The molecule has 0 spiro atoms. The second-order valence-corrected chi connectivity index (χ2v) is 6.99. The fourth-order valence-corrected chi connectivity index (χ4v) is 4.04. The summed E-state index contributed by atoms with van der Waals surface area (Å²) < 4.78 is 59.7. The third-order valence-electron chi connectivity index (χ3n) is 5.30. The van der Waals surface area contributed by atoms with E-state index in [2.05, 4.69) is 0 Å². The highest BCUT2D eigenvalue weighted by atomic mass is 14.9. The summed E-state index contributed by atoms with van der Waals surface area (Å²) in [5.74, 6) is 0. The van der Waals surface area contributed by atoms with Gasteiger partial charge in [0.05, 0.1) is 5.56 Å². The molecule has 0 bridgehead atoms. The van der Waals surface area contributed by atoms with Crippen LogP contribution in [0.1, 0.15) is 51.2 Å². The number of pyridine rings is 1. The van der Waals surface area contributed by atoms with E-state index < -0.39 is 26.0 Å². The molecule has 4 rings (SSSR count). The summed E-state index contributed by atoms with van der Waals surface area (Å²) in [6.07, 6.45) is 1.72. The number of rotatable bonds is 1. The molecule has 1 aliphatic carbocycles. The zero-order chi connectivity index (χ0) is 23.6. The van der Waals surface area contributed by atoms with Crippen molar-refractivity contribution in [2.24, 2.45) is 7.05 Å². The number of nitrogens with zero attached hydrogens (tertiary/aromatic N) is 1. The van der Waals surface area contributed by atoms with Gasteiger partial charge in [0.1, 0.15) is 7.05 Å². The van der Waals surface area contributed by atoms with Crippen LogP contribution >= 0.6 is 0 Å². The van der Waals surface area contributed by atoms with E-state index in [0.29, 0.717) is 16.8 Å². The summed E-state index contributed by atoms with van der Waals surface area (Å²) in [5.41, 5.74) is 4.37. The Morgan fingerprint density at radius 2 is 1.80 bits per heavy atom. The summed E-state index contributed by atoms with van der Waals surface area (Å²) >= 11 is 0. The lowest BCUT2D eigenvalue weighted by Gasteiger charge is -2.25. The Morgan fingerprint density at radius 1 is 0.960 bits per heavy atom. The molecule has 3 aromatic rings. The number of fused-ring (bicyclic) bond motifs is 3. The number of aromatic nitrogens is 1. The maximum atomic E-state index is 8.51. The van der Waals surface area contributed by atoms with Gasteiger partial charge in [-0.15, -0.1) is 0 Å². The van der Waals surface area contributed by atoms with Gasteiger partial charge in [0.15, 0.2) is 6.20 Å². The third-order valence-corrected chi connectivity index (χ3v) is 5.30. The maximum absolute atomic E-state index is 8.51. The van der Waals surface area contributed by atoms with Gasteiger partial charge in [0.2, 0.25) is 5.69 Å². The summed E-state index contributed by atoms with van der Waals surface area (Å²) in [4.78, 5) is 0. The van der Waals surface area contributed by atoms with Crippen molar-refractivity contribution in [3.05, 3.63) is 76.5 Å². The number of hydrogen-bond donors (Lipinski definition) is 0. The third kappa shape index (κ3) is 2.12. The zero-order valence-corrected chi connectivity index (χ0v) is 14.7. The highest BCUT2D eigenvalue weighted by molar-refractivity contribution is 5.88. The van der Waals surface area contributed by atoms with Gasteiger partial charge in [0, 0.05) is 26.6 Å². The molecule has 2 aromatic carbocycles. The number of aryl methyl sites for hydroxylation is 3. The van der Waals surface area contributed by atoms with Crippen molar-refractivity contribution in [3.8, 4) is 22.4 Å². The minimum atomic E-state index is -2.35. The molecule has 0 fully saturated rings. The van der Waals surface area contributed by atoms with Gasteiger partial charge in [-0.2, -0.15) is 0 Å². The lowest BCUT2D eigenvalue weighted by Crippen LogP contribution is -2.33. The Morgan fingerprint density at radius 3 is 2.56 bits per heavy atom. The first kappa shape index (κ1) is 9.91.